The standard InChI is InChI=1S/C31H23Br/c32-30-28(24-14-5-1-6-15-24)22-13-23-29(30)31(25-16-7-2-8-17-25,26-18-9-3-10-19-26)27-20-11-4-12-21-27/h1-23H. The molecule has 0 heterocycles. The van der Waals surface area contributed by atoms with Crippen molar-refractivity contribution >= 4 is 15.9 Å². The average Bonchev–Trinajstić information content (AvgIpc) is 2.88. The van der Waals surface area contributed by atoms with Crippen molar-refractivity contribution in [3.8, 4) is 11.1 Å². The number of hydrogen-bond donors (Lipinski definition) is 0. The summed E-state index contributed by atoms with van der Waals surface area (Å²) in [6.07, 6.45) is 0. The Balaban J connectivity index is 1.90. The monoisotopic (exact) mass is 474 g/mol. The van der Waals surface area contributed by atoms with E-state index < -0.39 is 5.41 Å². The van der Waals surface area contributed by atoms with Gasteiger partial charge in [0, 0.05) is 4.47 Å². The summed E-state index contributed by atoms with van der Waals surface area (Å²) in [5.74, 6) is 0. The first-order valence-electron chi connectivity index (χ1n) is 10.8. The Labute approximate surface area is 198 Å². The van der Waals surface area contributed by atoms with Crippen LogP contribution in [0.2, 0.25) is 0 Å². The van der Waals surface area contributed by atoms with Crippen LogP contribution in [0.1, 0.15) is 22.3 Å². The number of halogens is 1. The molecule has 32 heavy (non-hydrogen) atoms. The highest BCUT2D eigenvalue weighted by molar-refractivity contribution is 9.10. The molecule has 0 fully saturated rings. The zero-order valence-electron chi connectivity index (χ0n) is 17.7. The fourth-order valence-corrected chi connectivity index (χ4v) is 5.48. The van der Waals surface area contributed by atoms with Crippen LogP contribution in [0, 0.1) is 0 Å². The summed E-state index contributed by atoms with van der Waals surface area (Å²) < 4.78 is 1.11. The molecule has 0 saturated heterocycles. The minimum atomic E-state index is -0.465. The van der Waals surface area contributed by atoms with E-state index in [1.807, 2.05) is 0 Å². The smallest absolute Gasteiger partial charge is 0.0622 e. The molecule has 0 nitrogen and oxygen atoms in total. The van der Waals surface area contributed by atoms with Gasteiger partial charge in [-0.25, -0.2) is 0 Å². The predicted molar refractivity (Wildman–Crippen MR) is 138 cm³/mol. The Morgan fingerprint density at radius 1 is 0.406 bits per heavy atom. The fraction of sp³-hybridized carbons (Fsp3) is 0.0323. The van der Waals surface area contributed by atoms with Crippen molar-refractivity contribution in [2.24, 2.45) is 0 Å². The Kier molecular flexibility index (Phi) is 5.75. The second kappa shape index (κ2) is 8.98. The van der Waals surface area contributed by atoms with Gasteiger partial charge in [0.1, 0.15) is 0 Å². The zero-order chi connectivity index (χ0) is 21.8. The molecular weight excluding hydrogens is 452 g/mol. The molecule has 0 spiro atoms. The molecular formula is C31H23Br. The van der Waals surface area contributed by atoms with Crippen LogP contribution in [0.15, 0.2) is 144 Å². The van der Waals surface area contributed by atoms with Crippen molar-refractivity contribution < 1.29 is 0 Å². The van der Waals surface area contributed by atoms with Crippen molar-refractivity contribution in [1.29, 1.82) is 0 Å². The molecule has 0 radical (unpaired) electrons. The van der Waals surface area contributed by atoms with E-state index in [1.54, 1.807) is 0 Å². The predicted octanol–water partition coefficient (Wildman–Crippen LogP) is 8.50. The molecule has 0 N–H and O–H groups in total. The zero-order valence-corrected chi connectivity index (χ0v) is 19.2. The second-order valence-electron chi connectivity index (χ2n) is 7.88. The summed E-state index contributed by atoms with van der Waals surface area (Å²) in [5.41, 5.74) is 6.87. The molecule has 5 aromatic rings. The molecule has 0 aliphatic carbocycles. The van der Waals surface area contributed by atoms with Gasteiger partial charge in [0.05, 0.1) is 5.41 Å². The van der Waals surface area contributed by atoms with Crippen LogP contribution in [0.4, 0.5) is 0 Å². The normalized spacial score (nSPS) is 11.3. The lowest BCUT2D eigenvalue weighted by Gasteiger charge is -2.38. The lowest BCUT2D eigenvalue weighted by atomic mass is 9.65. The van der Waals surface area contributed by atoms with E-state index in [0.29, 0.717) is 0 Å². The highest BCUT2D eigenvalue weighted by Crippen LogP contribution is 2.49. The summed E-state index contributed by atoms with van der Waals surface area (Å²) in [7, 11) is 0. The van der Waals surface area contributed by atoms with Gasteiger partial charge in [0.25, 0.3) is 0 Å². The highest BCUT2D eigenvalue weighted by Gasteiger charge is 2.40. The number of rotatable bonds is 5. The third kappa shape index (κ3) is 3.49. The SMILES string of the molecule is Brc1c(-c2ccccc2)cccc1C(c1ccccc1)(c1ccccc1)c1ccccc1. The maximum absolute atomic E-state index is 4.05. The van der Waals surface area contributed by atoms with E-state index in [-0.39, 0.29) is 0 Å². The van der Waals surface area contributed by atoms with E-state index in [4.69, 9.17) is 0 Å². The Morgan fingerprint density at radius 2 is 0.812 bits per heavy atom. The van der Waals surface area contributed by atoms with Crippen molar-refractivity contribution in [3.05, 3.63) is 166 Å². The van der Waals surface area contributed by atoms with Gasteiger partial charge in [-0.05, 0) is 49.3 Å². The minimum Gasteiger partial charge on any atom is -0.0622 e. The summed E-state index contributed by atoms with van der Waals surface area (Å²) in [6.45, 7) is 0. The number of benzene rings is 5. The van der Waals surface area contributed by atoms with Crippen LogP contribution in [0.5, 0.6) is 0 Å². The lowest BCUT2D eigenvalue weighted by Crippen LogP contribution is -2.31. The molecule has 154 valence electrons. The Bertz CT molecular complexity index is 1200. The first-order valence-corrected chi connectivity index (χ1v) is 11.6. The third-order valence-electron chi connectivity index (χ3n) is 6.11. The van der Waals surface area contributed by atoms with E-state index in [2.05, 4.69) is 155 Å². The average molecular weight is 475 g/mol. The summed E-state index contributed by atoms with van der Waals surface area (Å²) in [5, 5.41) is 0. The molecule has 1 heteroatoms. The van der Waals surface area contributed by atoms with Gasteiger partial charge in [0.2, 0.25) is 0 Å². The van der Waals surface area contributed by atoms with Crippen molar-refractivity contribution in [3.63, 3.8) is 0 Å². The first kappa shape index (κ1) is 20.5. The van der Waals surface area contributed by atoms with E-state index in [0.717, 1.165) is 4.47 Å². The molecule has 0 aliphatic rings. The summed E-state index contributed by atoms with van der Waals surface area (Å²) >= 11 is 4.05. The maximum atomic E-state index is 4.05. The molecule has 0 saturated carbocycles. The quantitative estimate of drug-likeness (QED) is 0.224. The molecule has 0 amide bonds. The van der Waals surface area contributed by atoms with Gasteiger partial charge < -0.3 is 0 Å². The van der Waals surface area contributed by atoms with Gasteiger partial charge in [0.15, 0.2) is 0 Å². The maximum Gasteiger partial charge on any atom is 0.0712 e. The Morgan fingerprint density at radius 3 is 1.25 bits per heavy atom. The topological polar surface area (TPSA) is 0 Å². The Hall–Kier alpha value is -3.42. The second-order valence-corrected chi connectivity index (χ2v) is 8.67. The molecule has 0 aromatic heterocycles. The van der Waals surface area contributed by atoms with Crippen molar-refractivity contribution in [2.45, 2.75) is 5.41 Å². The van der Waals surface area contributed by atoms with Crippen LogP contribution in [-0.4, -0.2) is 0 Å². The van der Waals surface area contributed by atoms with Gasteiger partial charge in [-0.3, -0.25) is 0 Å². The van der Waals surface area contributed by atoms with Gasteiger partial charge in [-0.2, -0.15) is 0 Å². The van der Waals surface area contributed by atoms with Gasteiger partial charge in [-0.15, -0.1) is 0 Å². The minimum absolute atomic E-state index is 0.465. The first-order chi connectivity index (χ1) is 15.8. The molecule has 5 rings (SSSR count). The summed E-state index contributed by atoms with van der Waals surface area (Å²) in [4.78, 5) is 0. The van der Waals surface area contributed by atoms with Crippen molar-refractivity contribution in [2.75, 3.05) is 0 Å². The van der Waals surface area contributed by atoms with E-state index in [1.165, 1.54) is 33.4 Å². The van der Waals surface area contributed by atoms with Crippen molar-refractivity contribution in [1.82, 2.24) is 0 Å². The van der Waals surface area contributed by atoms with Gasteiger partial charge >= 0.3 is 0 Å². The molecule has 5 aromatic carbocycles. The van der Waals surface area contributed by atoms with Crippen LogP contribution in [-0.2, 0) is 5.41 Å². The lowest BCUT2D eigenvalue weighted by molar-refractivity contribution is 0.741. The molecule has 0 aliphatic heterocycles. The summed E-state index contributed by atoms with van der Waals surface area (Å²) in [6, 6.07) is 49.6. The third-order valence-corrected chi connectivity index (χ3v) is 6.96. The van der Waals surface area contributed by atoms with Crippen LogP contribution in [0.25, 0.3) is 11.1 Å². The van der Waals surface area contributed by atoms with Crippen LogP contribution < -0.4 is 0 Å². The van der Waals surface area contributed by atoms with E-state index in [9.17, 15) is 0 Å². The van der Waals surface area contributed by atoms with E-state index >= 15 is 0 Å². The molecule has 0 bridgehead atoms. The largest absolute Gasteiger partial charge is 0.0712 e. The molecule has 0 atom stereocenters. The molecule has 0 unspecified atom stereocenters. The van der Waals surface area contributed by atoms with Gasteiger partial charge in [-0.1, -0.05) is 140 Å². The van der Waals surface area contributed by atoms with Crippen LogP contribution >= 0.6 is 15.9 Å². The number of hydrogen-bond acceptors (Lipinski definition) is 0. The van der Waals surface area contributed by atoms with Crippen LogP contribution in [0.3, 0.4) is 0 Å². The highest BCUT2D eigenvalue weighted by atomic mass is 79.9. The fourth-order valence-electron chi connectivity index (χ4n) is 4.69.